The summed E-state index contributed by atoms with van der Waals surface area (Å²) in [6, 6.07) is 11.3. The molecule has 0 atom stereocenters. The van der Waals surface area contributed by atoms with Gasteiger partial charge in [-0.25, -0.2) is 4.98 Å². The van der Waals surface area contributed by atoms with Gasteiger partial charge >= 0.3 is 0 Å². The highest BCUT2D eigenvalue weighted by Gasteiger charge is 2.03. The topological polar surface area (TPSA) is 105 Å². The number of nitrogens with zero attached hydrogens (tertiary/aromatic N) is 3. The fraction of sp³-hybridized carbons (Fsp3) is 0.294. The molecule has 0 bridgehead atoms. The van der Waals surface area contributed by atoms with E-state index in [-0.39, 0.29) is 12.3 Å². The predicted molar refractivity (Wildman–Crippen MR) is 94.7 cm³/mol. The predicted octanol–water partition coefficient (Wildman–Crippen LogP) is 1.26. The molecule has 2 heterocycles. The molecule has 24 heavy (non-hydrogen) atoms. The van der Waals surface area contributed by atoms with Gasteiger partial charge < -0.3 is 16.4 Å². The van der Waals surface area contributed by atoms with Crippen LogP contribution in [0.5, 0.6) is 0 Å². The number of rotatable bonds is 7. The zero-order chi connectivity index (χ0) is 17.2. The van der Waals surface area contributed by atoms with Crippen LogP contribution in [0.15, 0.2) is 47.6 Å². The lowest BCUT2D eigenvalue weighted by atomic mass is 10.3. The average Bonchev–Trinajstić information content (AvgIpc) is 2.56. The molecule has 2 aromatic rings. The Kier molecular flexibility index (Phi) is 6.70. The third-order valence-electron chi connectivity index (χ3n) is 3.19. The van der Waals surface area contributed by atoms with Crippen molar-refractivity contribution in [3.8, 4) is 0 Å². The lowest BCUT2D eigenvalue weighted by Gasteiger charge is -2.06. The summed E-state index contributed by atoms with van der Waals surface area (Å²) < 4.78 is 0. The lowest BCUT2D eigenvalue weighted by molar-refractivity contribution is -0.116. The summed E-state index contributed by atoms with van der Waals surface area (Å²) in [6.45, 7) is 2.84. The highest BCUT2D eigenvalue weighted by molar-refractivity contribution is 5.90. The largest absolute Gasteiger partial charge is 0.370 e. The smallest absolute Gasteiger partial charge is 0.227 e. The van der Waals surface area contributed by atoms with E-state index >= 15 is 0 Å². The zero-order valence-electron chi connectivity index (χ0n) is 13.7. The van der Waals surface area contributed by atoms with Crippen molar-refractivity contribution in [1.29, 1.82) is 0 Å². The number of carbonyl (C=O) groups is 1. The van der Waals surface area contributed by atoms with Crippen molar-refractivity contribution in [3.05, 3.63) is 54.0 Å². The summed E-state index contributed by atoms with van der Waals surface area (Å²) in [7, 11) is 0. The fourth-order valence-electron chi connectivity index (χ4n) is 2.02. The van der Waals surface area contributed by atoms with Crippen LogP contribution in [0.2, 0.25) is 0 Å². The Morgan fingerprint density at radius 1 is 1.25 bits per heavy atom. The van der Waals surface area contributed by atoms with E-state index in [9.17, 15) is 4.79 Å². The molecule has 4 N–H and O–H groups in total. The van der Waals surface area contributed by atoms with Crippen LogP contribution in [0.3, 0.4) is 0 Å². The summed E-state index contributed by atoms with van der Waals surface area (Å²) in [5.74, 6) is 0.732. The van der Waals surface area contributed by atoms with Crippen LogP contribution in [-0.4, -0.2) is 34.9 Å². The molecule has 7 heteroatoms. The number of amides is 1. The van der Waals surface area contributed by atoms with Gasteiger partial charge in [0, 0.05) is 37.0 Å². The summed E-state index contributed by atoms with van der Waals surface area (Å²) in [6.07, 6.45) is 2.77. The van der Waals surface area contributed by atoms with E-state index in [0.29, 0.717) is 24.9 Å². The van der Waals surface area contributed by atoms with Gasteiger partial charge in [0.25, 0.3) is 0 Å². The van der Waals surface area contributed by atoms with Crippen LogP contribution in [0.4, 0.5) is 5.82 Å². The van der Waals surface area contributed by atoms with E-state index in [4.69, 9.17) is 5.73 Å². The van der Waals surface area contributed by atoms with Crippen molar-refractivity contribution in [3.63, 3.8) is 0 Å². The van der Waals surface area contributed by atoms with E-state index in [1.807, 2.05) is 37.3 Å². The minimum absolute atomic E-state index is 0.141. The van der Waals surface area contributed by atoms with Crippen molar-refractivity contribution < 1.29 is 4.79 Å². The third-order valence-corrected chi connectivity index (χ3v) is 3.19. The number of aromatic nitrogens is 2. The number of carbonyl (C=O) groups excluding carboxylic acids is 1. The van der Waals surface area contributed by atoms with Crippen LogP contribution >= 0.6 is 0 Å². The summed E-state index contributed by atoms with van der Waals surface area (Å²) in [5, 5.41) is 5.74. The number of hydrogen-bond donors (Lipinski definition) is 3. The van der Waals surface area contributed by atoms with Gasteiger partial charge in [-0.05, 0) is 31.2 Å². The van der Waals surface area contributed by atoms with Crippen LogP contribution < -0.4 is 16.4 Å². The van der Waals surface area contributed by atoms with E-state index in [0.717, 1.165) is 17.8 Å². The fourth-order valence-corrected chi connectivity index (χ4v) is 2.02. The van der Waals surface area contributed by atoms with Gasteiger partial charge in [0.15, 0.2) is 5.96 Å². The first-order chi connectivity index (χ1) is 11.6. The van der Waals surface area contributed by atoms with Crippen molar-refractivity contribution >= 4 is 17.7 Å². The monoisotopic (exact) mass is 326 g/mol. The molecule has 2 rings (SSSR count). The zero-order valence-corrected chi connectivity index (χ0v) is 13.7. The molecule has 0 radical (unpaired) electrons. The molecule has 0 aliphatic rings. The second-order valence-electron chi connectivity index (χ2n) is 5.23. The maximum absolute atomic E-state index is 11.8. The Labute approximate surface area is 141 Å². The highest BCUT2D eigenvalue weighted by Crippen LogP contribution is 2.04. The maximum Gasteiger partial charge on any atom is 0.227 e. The van der Waals surface area contributed by atoms with E-state index in [1.165, 1.54) is 0 Å². The second kappa shape index (κ2) is 9.24. The molecule has 0 spiro atoms. The minimum atomic E-state index is -0.141. The summed E-state index contributed by atoms with van der Waals surface area (Å²) >= 11 is 0. The van der Waals surface area contributed by atoms with Gasteiger partial charge in [-0.2, -0.15) is 0 Å². The Morgan fingerprint density at radius 2 is 2.12 bits per heavy atom. The van der Waals surface area contributed by atoms with Gasteiger partial charge in [0.1, 0.15) is 5.82 Å². The van der Waals surface area contributed by atoms with Crippen molar-refractivity contribution in [1.82, 2.24) is 15.3 Å². The van der Waals surface area contributed by atoms with Crippen molar-refractivity contribution in [2.75, 3.05) is 18.4 Å². The first-order valence-electron chi connectivity index (χ1n) is 7.81. The molecule has 126 valence electrons. The molecule has 0 aliphatic carbocycles. The van der Waals surface area contributed by atoms with Gasteiger partial charge in [-0.15, -0.1) is 0 Å². The average molecular weight is 326 g/mol. The van der Waals surface area contributed by atoms with E-state index < -0.39 is 0 Å². The second-order valence-corrected chi connectivity index (χ2v) is 5.23. The van der Waals surface area contributed by atoms with Crippen molar-refractivity contribution in [2.24, 2.45) is 10.7 Å². The minimum Gasteiger partial charge on any atom is -0.370 e. The molecule has 0 fully saturated rings. The quantitative estimate of drug-likeness (QED) is 0.525. The van der Waals surface area contributed by atoms with Crippen LogP contribution in [0, 0.1) is 6.92 Å². The van der Waals surface area contributed by atoms with E-state index in [2.05, 4.69) is 25.6 Å². The molecule has 0 aromatic carbocycles. The standard InChI is InChI=1S/C17H22N6O/c1-13-5-4-7-15(22-13)23-16(24)9-12-21-17(18)20-11-8-14-6-2-3-10-19-14/h2-7,10H,8-9,11-12H2,1H3,(H3,18,20,21)(H,22,23,24). The number of aryl methyl sites for hydroxylation is 1. The molecule has 0 unspecified atom stereocenters. The molecular weight excluding hydrogens is 304 g/mol. The molecule has 0 aliphatic heterocycles. The number of pyridine rings is 2. The Hall–Kier alpha value is -2.96. The molecule has 0 saturated heterocycles. The third kappa shape index (κ3) is 6.43. The molecule has 7 nitrogen and oxygen atoms in total. The van der Waals surface area contributed by atoms with Gasteiger partial charge in [0.2, 0.25) is 5.91 Å². The number of aliphatic imine (C=N–C) groups is 1. The normalized spacial score (nSPS) is 11.1. The first-order valence-corrected chi connectivity index (χ1v) is 7.81. The Morgan fingerprint density at radius 3 is 2.88 bits per heavy atom. The number of hydrogen-bond acceptors (Lipinski definition) is 4. The van der Waals surface area contributed by atoms with Crippen molar-refractivity contribution in [2.45, 2.75) is 19.8 Å². The Balaban J connectivity index is 1.66. The first kappa shape index (κ1) is 17.4. The van der Waals surface area contributed by atoms with Gasteiger partial charge in [-0.1, -0.05) is 12.1 Å². The number of anilines is 1. The molecule has 0 saturated carbocycles. The number of guanidine groups is 1. The summed E-state index contributed by atoms with van der Waals surface area (Å²) in [4.78, 5) is 24.4. The maximum atomic E-state index is 11.8. The summed E-state index contributed by atoms with van der Waals surface area (Å²) in [5.41, 5.74) is 7.61. The molecular formula is C17H22N6O. The van der Waals surface area contributed by atoms with E-state index in [1.54, 1.807) is 12.3 Å². The molecule has 2 aromatic heterocycles. The highest BCUT2D eigenvalue weighted by atomic mass is 16.1. The van der Waals surface area contributed by atoms with Gasteiger partial charge in [-0.3, -0.25) is 14.8 Å². The number of nitrogens with one attached hydrogen (secondary N) is 2. The van der Waals surface area contributed by atoms with Crippen LogP contribution in [0.1, 0.15) is 17.8 Å². The van der Waals surface area contributed by atoms with Crippen LogP contribution in [-0.2, 0) is 11.2 Å². The lowest BCUT2D eigenvalue weighted by Crippen LogP contribution is -2.33. The molecule has 1 amide bonds. The van der Waals surface area contributed by atoms with Gasteiger partial charge in [0.05, 0.1) is 6.54 Å². The SMILES string of the molecule is Cc1cccc(NC(=O)CCN=C(N)NCCc2ccccn2)n1. The Bertz CT molecular complexity index is 686. The van der Waals surface area contributed by atoms with Crippen LogP contribution in [0.25, 0.3) is 0 Å². The number of nitrogens with two attached hydrogens (primary N) is 1.